The highest BCUT2D eigenvalue weighted by atomic mass is 19.1. The van der Waals surface area contributed by atoms with E-state index in [9.17, 15) is 9.18 Å². The first-order chi connectivity index (χ1) is 17.7. The first kappa shape index (κ1) is 25.1. The molecule has 4 heterocycles. The highest BCUT2D eigenvalue weighted by Crippen LogP contribution is 2.28. The first-order valence-electron chi connectivity index (χ1n) is 13.4. The number of rotatable bonds is 7. The first-order valence-corrected chi connectivity index (χ1v) is 13.4. The Hall–Kier alpha value is -2.55. The Morgan fingerprint density at radius 2 is 1.75 bits per heavy atom. The summed E-state index contributed by atoms with van der Waals surface area (Å²) in [7, 11) is 0. The van der Waals surface area contributed by atoms with E-state index in [1.54, 1.807) is 0 Å². The number of morpholine rings is 1. The third-order valence-corrected chi connectivity index (χ3v) is 7.96. The standard InChI is InChI=1S/C28H38FN5O2/c29-24-5-7-26(8-6-24)32-13-15-34(16-14-32)28(35)9-4-23-21-31(22-25-3-1-2-11-30-25)12-10-27(23)33-17-19-36-20-18-33/h1-3,5-8,11,23,27H,4,9-10,12-22H2/t23-,27+/m1/s1. The molecule has 1 amide bonds. The van der Waals surface area contributed by atoms with Crippen LogP contribution in [-0.2, 0) is 16.1 Å². The van der Waals surface area contributed by atoms with E-state index < -0.39 is 0 Å². The number of ether oxygens (including phenoxy) is 1. The van der Waals surface area contributed by atoms with Crippen molar-refractivity contribution in [3.05, 3.63) is 60.2 Å². The minimum absolute atomic E-state index is 0.218. The number of hydrogen-bond acceptors (Lipinski definition) is 6. The molecule has 0 radical (unpaired) electrons. The Bertz CT molecular complexity index is 962. The van der Waals surface area contributed by atoms with Crippen molar-refractivity contribution in [3.8, 4) is 0 Å². The van der Waals surface area contributed by atoms with Crippen molar-refractivity contribution >= 4 is 11.6 Å². The van der Waals surface area contributed by atoms with Crippen LogP contribution in [0.4, 0.5) is 10.1 Å². The number of halogens is 1. The van der Waals surface area contributed by atoms with Gasteiger partial charge in [-0.15, -0.1) is 0 Å². The molecule has 36 heavy (non-hydrogen) atoms. The number of anilines is 1. The van der Waals surface area contributed by atoms with Gasteiger partial charge in [-0.25, -0.2) is 4.39 Å². The SMILES string of the molecule is O=C(CC[C@@H]1CN(Cc2ccccn2)CC[C@@H]1N1CCOCC1)N1CCN(c2ccc(F)cc2)CC1. The van der Waals surface area contributed by atoms with Gasteiger partial charge in [-0.2, -0.15) is 0 Å². The summed E-state index contributed by atoms with van der Waals surface area (Å²) in [6, 6.07) is 13.3. The van der Waals surface area contributed by atoms with Crippen LogP contribution >= 0.6 is 0 Å². The lowest BCUT2D eigenvalue weighted by Gasteiger charge is -2.45. The normalized spacial score (nSPS) is 24.1. The molecule has 3 saturated heterocycles. The van der Waals surface area contributed by atoms with Crippen molar-refractivity contribution in [2.45, 2.75) is 31.8 Å². The van der Waals surface area contributed by atoms with E-state index in [0.717, 1.165) is 96.3 Å². The molecule has 1 aromatic heterocycles. The van der Waals surface area contributed by atoms with Crippen molar-refractivity contribution in [2.24, 2.45) is 5.92 Å². The number of carbonyl (C=O) groups excluding carboxylic acids is 1. The van der Waals surface area contributed by atoms with E-state index >= 15 is 0 Å². The van der Waals surface area contributed by atoms with E-state index in [1.807, 2.05) is 29.3 Å². The molecule has 194 valence electrons. The van der Waals surface area contributed by atoms with Crippen LogP contribution in [0.15, 0.2) is 48.7 Å². The monoisotopic (exact) mass is 495 g/mol. The molecule has 0 aliphatic carbocycles. The van der Waals surface area contributed by atoms with Gasteiger partial charge in [0.15, 0.2) is 0 Å². The molecule has 5 rings (SSSR count). The maximum atomic E-state index is 13.3. The van der Waals surface area contributed by atoms with Gasteiger partial charge in [-0.1, -0.05) is 6.07 Å². The zero-order valence-corrected chi connectivity index (χ0v) is 21.1. The second kappa shape index (κ2) is 12.1. The van der Waals surface area contributed by atoms with Crippen LogP contribution in [0.3, 0.4) is 0 Å². The van der Waals surface area contributed by atoms with Gasteiger partial charge in [0.2, 0.25) is 5.91 Å². The number of hydrogen-bond donors (Lipinski definition) is 0. The fourth-order valence-electron chi connectivity index (χ4n) is 5.97. The zero-order valence-electron chi connectivity index (χ0n) is 21.1. The Morgan fingerprint density at radius 1 is 0.972 bits per heavy atom. The highest BCUT2D eigenvalue weighted by molar-refractivity contribution is 5.76. The average molecular weight is 496 g/mol. The average Bonchev–Trinajstić information content (AvgIpc) is 2.93. The molecule has 1 aromatic carbocycles. The van der Waals surface area contributed by atoms with Crippen LogP contribution in [-0.4, -0.2) is 97.2 Å². The van der Waals surface area contributed by atoms with Gasteiger partial charge in [-0.3, -0.25) is 19.6 Å². The fourth-order valence-corrected chi connectivity index (χ4v) is 5.97. The van der Waals surface area contributed by atoms with Crippen molar-refractivity contribution < 1.29 is 13.9 Å². The quantitative estimate of drug-likeness (QED) is 0.589. The molecular formula is C28H38FN5O2. The van der Waals surface area contributed by atoms with Crippen molar-refractivity contribution in [1.82, 2.24) is 19.7 Å². The van der Waals surface area contributed by atoms with Crippen LogP contribution in [0.25, 0.3) is 0 Å². The molecule has 3 fully saturated rings. The number of piperidine rings is 1. The maximum Gasteiger partial charge on any atom is 0.222 e. The number of amides is 1. The van der Waals surface area contributed by atoms with Crippen LogP contribution in [0.5, 0.6) is 0 Å². The molecule has 2 aromatic rings. The predicted molar refractivity (Wildman–Crippen MR) is 138 cm³/mol. The molecule has 8 heteroatoms. The van der Waals surface area contributed by atoms with Crippen molar-refractivity contribution in [3.63, 3.8) is 0 Å². The van der Waals surface area contributed by atoms with Crippen LogP contribution in [0.2, 0.25) is 0 Å². The number of piperazine rings is 1. The molecule has 0 unspecified atom stereocenters. The van der Waals surface area contributed by atoms with Crippen molar-refractivity contribution in [1.29, 1.82) is 0 Å². The molecule has 3 aliphatic heterocycles. The highest BCUT2D eigenvalue weighted by Gasteiger charge is 2.34. The number of benzene rings is 1. The minimum atomic E-state index is -0.218. The topological polar surface area (TPSA) is 52.2 Å². The molecule has 2 atom stereocenters. The molecular weight excluding hydrogens is 457 g/mol. The van der Waals surface area contributed by atoms with E-state index in [4.69, 9.17) is 4.74 Å². The van der Waals surface area contributed by atoms with Crippen LogP contribution in [0.1, 0.15) is 25.0 Å². The van der Waals surface area contributed by atoms with Crippen molar-refractivity contribution in [2.75, 3.05) is 70.5 Å². The molecule has 0 spiro atoms. The van der Waals surface area contributed by atoms with Gasteiger partial charge in [-0.05, 0) is 55.2 Å². The summed E-state index contributed by atoms with van der Waals surface area (Å²) in [5, 5.41) is 0. The number of aromatic nitrogens is 1. The second-order valence-corrected chi connectivity index (χ2v) is 10.2. The number of nitrogens with zero attached hydrogens (tertiary/aromatic N) is 5. The number of carbonyl (C=O) groups is 1. The van der Waals surface area contributed by atoms with E-state index in [0.29, 0.717) is 18.4 Å². The van der Waals surface area contributed by atoms with Gasteiger partial charge >= 0.3 is 0 Å². The van der Waals surface area contributed by atoms with Gasteiger partial charge in [0.05, 0.1) is 18.9 Å². The third-order valence-electron chi connectivity index (χ3n) is 7.96. The number of likely N-dealkylation sites (tertiary alicyclic amines) is 1. The van der Waals surface area contributed by atoms with E-state index in [-0.39, 0.29) is 11.7 Å². The molecule has 3 aliphatic rings. The lowest BCUT2D eigenvalue weighted by Crippen LogP contribution is -2.54. The van der Waals surface area contributed by atoms with Gasteiger partial charge in [0, 0.05) is 83.2 Å². The Kier molecular flexibility index (Phi) is 8.46. The van der Waals surface area contributed by atoms with Crippen LogP contribution in [0, 0.1) is 11.7 Å². The fraction of sp³-hybridized carbons (Fsp3) is 0.571. The summed E-state index contributed by atoms with van der Waals surface area (Å²) >= 11 is 0. The Morgan fingerprint density at radius 3 is 2.47 bits per heavy atom. The predicted octanol–water partition coefficient (Wildman–Crippen LogP) is 2.87. The minimum Gasteiger partial charge on any atom is -0.379 e. The summed E-state index contributed by atoms with van der Waals surface area (Å²) in [6.45, 7) is 9.53. The lowest BCUT2D eigenvalue weighted by atomic mass is 9.86. The van der Waals surface area contributed by atoms with Gasteiger partial charge in [0.1, 0.15) is 5.82 Å². The summed E-state index contributed by atoms with van der Waals surface area (Å²) in [6.07, 6.45) is 4.50. The van der Waals surface area contributed by atoms with Gasteiger partial charge < -0.3 is 14.5 Å². The van der Waals surface area contributed by atoms with E-state index in [1.165, 1.54) is 12.1 Å². The lowest BCUT2D eigenvalue weighted by molar-refractivity contribution is -0.132. The molecule has 0 saturated carbocycles. The molecule has 0 bridgehead atoms. The number of pyridine rings is 1. The maximum absolute atomic E-state index is 13.3. The molecule has 7 nitrogen and oxygen atoms in total. The summed E-state index contributed by atoms with van der Waals surface area (Å²) in [4.78, 5) is 27.1. The van der Waals surface area contributed by atoms with Gasteiger partial charge in [0.25, 0.3) is 0 Å². The zero-order chi connectivity index (χ0) is 24.7. The molecule has 0 N–H and O–H groups in total. The Labute approximate surface area is 213 Å². The largest absolute Gasteiger partial charge is 0.379 e. The smallest absolute Gasteiger partial charge is 0.222 e. The summed E-state index contributed by atoms with van der Waals surface area (Å²) in [5.41, 5.74) is 2.13. The third kappa shape index (κ3) is 6.41. The summed E-state index contributed by atoms with van der Waals surface area (Å²) < 4.78 is 18.9. The van der Waals surface area contributed by atoms with E-state index in [2.05, 4.69) is 31.8 Å². The Balaban J connectivity index is 1.15. The van der Waals surface area contributed by atoms with Crippen LogP contribution < -0.4 is 4.90 Å². The summed E-state index contributed by atoms with van der Waals surface area (Å²) in [5.74, 6) is 0.505. The second-order valence-electron chi connectivity index (χ2n) is 10.2.